The van der Waals surface area contributed by atoms with E-state index in [4.69, 9.17) is 16.3 Å². The number of hydrogen-bond donors (Lipinski definition) is 0. The van der Waals surface area contributed by atoms with E-state index in [2.05, 4.69) is 5.10 Å². The summed E-state index contributed by atoms with van der Waals surface area (Å²) in [5, 5.41) is 5.08. The summed E-state index contributed by atoms with van der Waals surface area (Å²) in [5.41, 5.74) is -0.179. The first-order valence-corrected chi connectivity index (χ1v) is 10.4. The molecule has 0 unspecified atom stereocenters. The number of hydrogen-bond acceptors (Lipinski definition) is 5. The molecule has 0 saturated carbocycles. The average molecular weight is 460 g/mol. The molecule has 2 aromatic carbocycles. The molecule has 3 aromatic rings. The van der Waals surface area contributed by atoms with Crippen LogP contribution in [-0.2, 0) is 22.6 Å². The summed E-state index contributed by atoms with van der Waals surface area (Å²) in [7, 11) is 1.45. The number of likely N-dealkylation sites (N-methyl/N-ethyl adjacent to an activating group) is 1. The highest BCUT2D eigenvalue weighted by Crippen LogP contribution is 2.20. The number of nitrogens with zero attached hydrogens (tertiary/aromatic N) is 3. The minimum Gasteiger partial charge on any atom is -0.451 e. The van der Waals surface area contributed by atoms with Gasteiger partial charge < -0.3 is 9.64 Å². The van der Waals surface area contributed by atoms with Gasteiger partial charge in [-0.2, -0.15) is 5.10 Å². The topological polar surface area (TPSA) is 81.5 Å². The number of amides is 1. The van der Waals surface area contributed by atoms with E-state index in [0.29, 0.717) is 17.3 Å². The van der Waals surface area contributed by atoms with E-state index in [-0.39, 0.29) is 34.3 Å². The molecule has 0 saturated heterocycles. The molecule has 0 spiro atoms. The number of carbonyl (C=O) groups excluding carboxylic acids is 2. The maximum Gasteiger partial charge on any atom is 0.359 e. The Kier molecular flexibility index (Phi) is 7.25. The quantitative estimate of drug-likeness (QED) is 0.504. The third-order valence-electron chi connectivity index (χ3n) is 4.81. The van der Waals surface area contributed by atoms with Crippen molar-refractivity contribution < 1.29 is 18.7 Å². The Morgan fingerprint density at radius 3 is 2.50 bits per heavy atom. The monoisotopic (exact) mass is 459 g/mol. The third kappa shape index (κ3) is 5.13. The SMILES string of the molecule is CC(C)Cn1nc(C(=O)OCC(=O)N(C)Cc2c(F)cccc2Cl)c2ccccc2c1=O. The summed E-state index contributed by atoms with van der Waals surface area (Å²) in [4.78, 5) is 39.1. The number of ether oxygens (including phenoxy) is 1. The standard InChI is InChI=1S/C23H23ClFN3O4/c1-14(2)11-28-22(30)16-8-5-4-7-15(16)21(26-28)23(31)32-13-20(29)27(3)12-17-18(24)9-6-10-19(17)25/h4-10,14H,11-13H2,1-3H3. The van der Waals surface area contributed by atoms with Crippen molar-refractivity contribution in [2.45, 2.75) is 26.9 Å². The molecule has 0 fully saturated rings. The van der Waals surface area contributed by atoms with E-state index < -0.39 is 24.3 Å². The van der Waals surface area contributed by atoms with E-state index in [1.54, 1.807) is 24.3 Å². The minimum absolute atomic E-state index is 0.0477. The van der Waals surface area contributed by atoms with Crippen LogP contribution in [0.3, 0.4) is 0 Å². The Morgan fingerprint density at radius 1 is 1.16 bits per heavy atom. The number of fused-ring (bicyclic) bond motifs is 1. The van der Waals surface area contributed by atoms with Crippen LogP contribution in [0.1, 0.15) is 29.9 Å². The van der Waals surface area contributed by atoms with Gasteiger partial charge in [0, 0.05) is 36.1 Å². The summed E-state index contributed by atoms with van der Waals surface area (Å²) in [5.74, 6) is -1.77. The summed E-state index contributed by atoms with van der Waals surface area (Å²) >= 11 is 6.01. The fraction of sp³-hybridized carbons (Fsp3) is 0.304. The molecule has 0 atom stereocenters. The van der Waals surface area contributed by atoms with Gasteiger partial charge in [-0.3, -0.25) is 9.59 Å². The zero-order valence-corrected chi connectivity index (χ0v) is 18.7. The second kappa shape index (κ2) is 9.91. The fourth-order valence-electron chi connectivity index (χ4n) is 3.17. The van der Waals surface area contributed by atoms with Crippen molar-refractivity contribution in [1.29, 1.82) is 0 Å². The number of esters is 1. The molecule has 32 heavy (non-hydrogen) atoms. The van der Waals surface area contributed by atoms with Crippen molar-refractivity contribution in [2.75, 3.05) is 13.7 Å². The molecule has 0 aliphatic rings. The van der Waals surface area contributed by atoms with Gasteiger partial charge in [-0.05, 0) is 24.1 Å². The first-order chi connectivity index (χ1) is 15.2. The van der Waals surface area contributed by atoms with Crippen LogP contribution in [0.25, 0.3) is 10.8 Å². The van der Waals surface area contributed by atoms with E-state index in [1.807, 2.05) is 13.8 Å². The van der Waals surface area contributed by atoms with Crippen LogP contribution in [-0.4, -0.2) is 40.2 Å². The van der Waals surface area contributed by atoms with E-state index in [1.165, 1.54) is 34.8 Å². The van der Waals surface area contributed by atoms with Gasteiger partial charge in [0.1, 0.15) is 5.82 Å². The molecule has 0 aliphatic heterocycles. The third-order valence-corrected chi connectivity index (χ3v) is 5.16. The Hall–Kier alpha value is -3.26. The molecule has 0 radical (unpaired) electrons. The minimum atomic E-state index is -0.829. The zero-order valence-electron chi connectivity index (χ0n) is 18.0. The van der Waals surface area contributed by atoms with Crippen LogP contribution in [0.15, 0.2) is 47.3 Å². The van der Waals surface area contributed by atoms with Crippen molar-refractivity contribution in [3.05, 3.63) is 74.9 Å². The van der Waals surface area contributed by atoms with E-state index in [9.17, 15) is 18.8 Å². The lowest BCUT2D eigenvalue weighted by atomic mass is 10.1. The molecule has 1 amide bonds. The lowest BCUT2D eigenvalue weighted by Crippen LogP contribution is -2.32. The van der Waals surface area contributed by atoms with Gasteiger partial charge in [-0.1, -0.05) is 49.7 Å². The summed E-state index contributed by atoms with van der Waals surface area (Å²) in [6.07, 6.45) is 0. The molecule has 3 rings (SSSR count). The van der Waals surface area contributed by atoms with E-state index in [0.717, 1.165) is 0 Å². The van der Waals surface area contributed by atoms with Gasteiger partial charge >= 0.3 is 5.97 Å². The van der Waals surface area contributed by atoms with Gasteiger partial charge in [0.2, 0.25) is 0 Å². The van der Waals surface area contributed by atoms with Gasteiger partial charge in [0.25, 0.3) is 11.5 Å². The highest BCUT2D eigenvalue weighted by Gasteiger charge is 2.21. The molecular weight excluding hydrogens is 437 g/mol. The predicted molar refractivity (Wildman–Crippen MR) is 119 cm³/mol. The maximum absolute atomic E-state index is 14.0. The second-order valence-corrected chi connectivity index (χ2v) is 8.21. The summed E-state index contributed by atoms with van der Waals surface area (Å²) in [6, 6.07) is 10.9. The number of halogens is 2. The van der Waals surface area contributed by atoms with Crippen LogP contribution < -0.4 is 5.56 Å². The van der Waals surface area contributed by atoms with Crippen molar-refractivity contribution in [3.8, 4) is 0 Å². The molecule has 1 heterocycles. The molecule has 0 bridgehead atoms. The van der Waals surface area contributed by atoms with Crippen molar-refractivity contribution >= 4 is 34.2 Å². The lowest BCUT2D eigenvalue weighted by Gasteiger charge is -2.18. The normalized spacial score (nSPS) is 11.1. The Labute approximate surface area is 189 Å². The van der Waals surface area contributed by atoms with E-state index >= 15 is 0 Å². The number of aromatic nitrogens is 2. The maximum atomic E-state index is 14.0. The van der Waals surface area contributed by atoms with Crippen LogP contribution >= 0.6 is 11.6 Å². The molecule has 1 aromatic heterocycles. The predicted octanol–water partition coefficient (Wildman–Crippen LogP) is 3.66. The first-order valence-electron chi connectivity index (χ1n) is 10.0. The fourth-order valence-corrected chi connectivity index (χ4v) is 3.39. The van der Waals surface area contributed by atoms with Crippen molar-refractivity contribution in [1.82, 2.24) is 14.7 Å². The lowest BCUT2D eigenvalue weighted by molar-refractivity contribution is -0.133. The van der Waals surface area contributed by atoms with Gasteiger partial charge in [-0.15, -0.1) is 0 Å². The van der Waals surface area contributed by atoms with Gasteiger partial charge in [0.05, 0.1) is 5.39 Å². The second-order valence-electron chi connectivity index (χ2n) is 7.80. The van der Waals surface area contributed by atoms with Crippen LogP contribution in [0.4, 0.5) is 4.39 Å². The summed E-state index contributed by atoms with van der Waals surface area (Å²) in [6.45, 7) is 3.54. The van der Waals surface area contributed by atoms with Gasteiger partial charge in [-0.25, -0.2) is 13.9 Å². The van der Waals surface area contributed by atoms with Crippen LogP contribution in [0, 0.1) is 11.7 Å². The van der Waals surface area contributed by atoms with Crippen molar-refractivity contribution in [3.63, 3.8) is 0 Å². The van der Waals surface area contributed by atoms with Crippen LogP contribution in [0.5, 0.6) is 0 Å². The molecule has 0 aliphatic carbocycles. The highest BCUT2D eigenvalue weighted by molar-refractivity contribution is 6.31. The number of carbonyl (C=O) groups is 2. The molecule has 7 nitrogen and oxygen atoms in total. The average Bonchev–Trinajstić information content (AvgIpc) is 2.76. The number of rotatable bonds is 7. The first kappa shape index (κ1) is 23.4. The molecule has 168 valence electrons. The Bertz CT molecular complexity index is 1210. The molecule has 0 N–H and O–H groups in total. The molecule has 9 heteroatoms. The smallest absolute Gasteiger partial charge is 0.359 e. The summed E-state index contributed by atoms with van der Waals surface area (Å²) < 4.78 is 20.4. The zero-order chi connectivity index (χ0) is 23.4. The van der Waals surface area contributed by atoms with Crippen molar-refractivity contribution in [2.24, 2.45) is 5.92 Å². The van der Waals surface area contributed by atoms with Gasteiger partial charge in [0.15, 0.2) is 12.3 Å². The largest absolute Gasteiger partial charge is 0.451 e. The Balaban J connectivity index is 1.78. The van der Waals surface area contributed by atoms with Crippen LogP contribution in [0.2, 0.25) is 5.02 Å². The number of benzene rings is 2. The molecular formula is C23H23ClFN3O4. The highest BCUT2D eigenvalue weighted by atomic mass is 35.5. The Morgan fingerprint density at radius 2 is 1.84 bits per heavy atom.